The molecule has 3 fully saturated rings. The van der Waals surface area contributed by atoms with Crippen LogP contribution in [-0.2, 0) is 0 Å². The summed E-state index contributed by atoms with van der Waals surface area (Å²) in [7, 11) is 0. The van der Waals surface area contributed by atoms with Crippen LogP contribution in [0.4, 0.5) is 4.79 Å². The summed E-state index contributed by atoms with van der Waals surface area (Å²) in [6.45, 7) is 12.6. The number of amides is 1. The third-order valence-electron chi connectivity index (χ3n) is 11.2. The molecular formula is C34H53NO3. The largest absolute Gasteiger partial charge is 0.411 e. The van der Waals surface area contributed by atoms with Crippen molar-refractivity contribution in [3.63, 3.8) is 0 Å². The molecule has 1 unspecified atom stereocenters. The summed E-state index contributed by atoms with van der Waals surface area (Å²) in [5, 5.41) is 10.2. The van der Waals surface area contributed by atoms with Crippen molar-refractivity contribution in [1.29, 1.82) is 0 Å². The number of aliphatic hydroxyl groups excluding tert-OH is 1. The molecule has 0 saturated heterocycles. The topological polar surface area (TPSA) is 72.5 Å². The van der Waals surface area contributed by atoms with Crippen LogP contribution >= 0.6 is 0 Å². The lowest BCUT2D eigenvalue weighted by atomic mass is 9.47. The summed E-state index contributed by atoms with van der Waals surface area (Å²) in [6, 6.07) is 8.67. The zero-order valence-corrected chi connectivity index (χ0v) is 24.6. The highest BCUT2D eigenvalue weighted by Gasteiger charge is 2.59. The first-order valence-corrected chi connectivity index (χ1v) is 15.4. The van der Waals surface area contributed by atoms with Gasteiger partial charge < -0.3 is 15.6 Å². The Morgan fingerprint density at radius 3 is 2.45 bits per heavy atom. The number of benzene rings is 1. The monoisotopic (exact) mass is 523 g/mol. The van der Waals surface area contributed by atoms with E-state index in [1.807, 2.05) is 6.07 Å². The quantitative estimate of drug-likeness (QED) is 0.367. The highest BCUT2D eigenvalue weighted by atomic mass is 16.5. The molecule has 1 amide bonds. The number of hydrogen-bond donors (Lipinski definition) is 2. The number of primary amides is 1. The van der Waals surface area contributed by atoms with Gasteiger partial charge in [-0.25, -0.2) is 4.79 Å². The molecule has 8 atom stereocenters. The molecule has 212 valence electrons. The number of fused-ring (bicyclic) bond motifs is 5. The third-order valence-corrected chi connectivity index (χ3v) is 11.2. The Bertz CT molecular complexity index is 958. The molecule has 3 N–H and O–H groups in total. The van der Waals surface area contributed by atoms with E-state index in [2.05, 4.69) is 45.4 Å². The second kappa shape index (κ2) is 12.1. The molecule has 0 heterocycles. The number of ether oxygens (including phenoxy) is 1. The van der Waals surface area contributed by atoms with Crippen LogP contribution in [0.5, 0.6) is 5.75 Å². The van der Waals surface area contributed by atoms with E-state index in [0.717, 1.165) is 48.3 Å². The standard InChI is InChI=1S/C27H46O.C7H7NO2/c1-18(2)7-6-8-19(3)23-11-12-24-22-10-9-20-17-21(28)13-15-26(20,4)25(22)14-16-27(23,24)5;8-7(9)10-6-4-2-1-3-5-6/h9,18-19,21-25,28H,6-8,10-17H2,1-5H3;1-5H,(H2,8,9)/t19?,21-,22-,23+,24-,25-,26-,27+;/m0./s1. The van der Waals surface area contributed by atoms with Gasteiger partial charge in [0.15, 0.2) is 0 Å². The Balaban J connectivity index is 0.000000283. The van der Waals surface area contributed by atoms with E-state index < -0.39 is 6.09 Å². The van der Waals surface area contributed by atoms with Crippen LogP contribution in [0.25, 0.3) is 0 Å². The Morgan fingerprint density at radius 2 is 1.76 bits per heavy atom. The molecule has 4 aliphatic rings. The van der Waals surface area contributed by atoms with E-state index in [0.29, 0.717) is 16.6 Å². The Kier molecular flexibility index (Phi) is 9.33. The highest BCUT2D eigenvalue weighted by Crippen LogP contribution is 2.67. The molecule has 3 saturated carbocycles. The summed E-state index contributed by atoms with van der Waals surface area (Å²) in [6.07, 6.45) is 16.4. The summed E-state index contributed by atoms with van der Waals surface area (Å²) in [5.74, 6) is 5.92. The molecule has 1 aromatic rings. The average molecular weight is 524 g/mol. The lowest BCUT2D eigenvalue weighted by Crippen LogP contribution is -2.50. The maximum Gasteiger partial charge on any atom is 0.409 e. The minimum atomic E-state index is -0.786. The van der Waals surface area contributed by atoms with Gasteiger partial charge in [-0.1, -0.05) is 83.7 Å². The van der Waals surface area contributed by atoms with Gasteiger partial charge in [-0.05, 0) is 110 Å². The number of hydrogen-bond acceptors (Lipinski definition) is 3. The first-order chi connectivity index (χ1) is 18.0. The zero-order valence-electron chi connectivity index (χ0n) is 24.6. The number of aliphatic hydroxyl groups is 1. The molecule has 4 nitrogen and oxygen atoms in total. The Labute approximate surface area is 231 Å². The van der Waals surface area contributed by atoms with E-state index in [9.17, 15) is 9.90 Å². The maximum absolute atomic E-state index is 10.2. The van der Waals surface area contributed by atoms with Crippen molar-refractivity contribution in [3.8, 4) is 5.75 Å². The molecule has 38 heavy (non-hydrogen) atoms. The molecule has 0 spiro atoms. The molecule has 0 bridgehead atoms. The van der Waals surface area contributed by atoms with E-state index >= 15 is 0 Å². The minimum Gasteiger partial charge on any atom is -0.411 e. The second-order valence-electron chi connectivity index (χ2n) is 13.9. The fraction of sp³-hybridized carbons (Fsp3) is 0.735. The predicted octanol–water partition coefficient (Wildman–Crippen LogP) is 8.53. The van der Waals surface area contributed by atoms with Crippen molar-refractivity contribution < 1.29 is 14.6 Å². The summed E-state index contributed by atoms with van der Waals surface area (Å²) >= 11 is 0. The van der Waals surface area contributed by atoms with Gasteiger partial charge >= 0.3 is 6.09 Å². The molecule has 0 radical (unpaired) electrons. The van der Waals surface area contributed by atoms with Gasteiger partial charge in [0.05, 0.1) is 6.10 Å². The van der Waals surface area contributed by atoms with Gasteiger partial charge in [-0.15, -0.1) is 0 Å². The number of para-hydroxylation sites is 1. The van der Waals surface area contributed by atoms with Crippen LogP contribution in [0.1, 0.15) is 105 Å². The lowest BCUT2D eigenvalue weighted by molar-refractivity contribution is -0.0573. The van der Waals surface area contributed by atoms with Crippen molar-refractivity contribution in [3.05, 3.63) is 42.0 Å². The molecule has 4 aliphatic carbocycles. The third kappa shape index (κ3) is 6.16. The van der Waals surface area contributed by atoms with Crippen molar-refractivity contribution in [2.24, 2.45) is 52.1 Å². The second-order valence-corrected chi connectivity index (χ2v) is 13.9. The van der Waals surface area contributed by atoms with E-state index in [1.165, 1.54) is 57.8 Å². The summed E-state index contributed by atoms with van der Waals surface area (Å²) in [4.78, 5) is 10.2. The van der Waals surface area contributed by atoms with Crippen LogP contribution < -0.4 is 10.5 Å². The number of carbonyl (C=O) groups excluding carboxylic acids is 1. The lowest BCUT2D eigenvalue weighted by Gasteiger charge is -2.58. The van der Waals surface area contributed by atoms with Crippen LogP contribution in [-0.4, -0.2) is 17.3 Å². The minimum absolute atomic E-state index is 0.0766. The summed E-state index contributed by atoms with van der Waals surface area (Å²) < 4.78 is 4.55. The van der Waals surface area contributed by atoms with Crippen LogP contribution in [0, 0.1) is 46.3 Å². The fourth-order valence-electron chi connectivity index (χ4n) is 9.27. The number of rotatable bonds is 6. The first kappa shape index (κ1) is 29.2. The number of carbonyl (C=O) groups is 1. The smallest absolute Gasteiger partial charge is 0.409 e. The van der Waals surface area contributed by atoms with Gasteiger partial charge in [-0.3, -0.25) is 0 Å². The Morgan fingerprint density at radius 1 is 1.03 bits per heavy atom. The van der Waals surface area contributed by atoms with E-state index in [1.54, 1.807) is 29.8 Å². The van der Waals surface area contributed by atoms with Gasteiger partial charge in [0.2, 0.25) is 0 Å². The number of nitrogens with two attached hydrogens (primary N) is 1. The molecule has 5 rings (SSSR count). The van der Waals surface area contributed by atoms with Gasteiger partial charge in [0.1, 0.15) is 5.75 Å². The predicted molar refractivity (Wildman–Crippen MR) is 156 cm³/mol. The molecule has 1 aromatic carbocycles. The van der Waals surface area contributed by atoms with Crippen LogP contribution in [0.2, 0.25) is 0 Å². The molecule has 0 aromatic heterocycles. The van der Waals surface area contributed by atoms with E-state index in [-0.39, 0.29) is 6.10 Å². The van der Waals surface area contributed by atoms with Crippen molar-refractivity contribution in [1.82, 2.24) is 0 Å². The van der Waals surface area contributed by atoms with Crippen LogP contribution in [0.15, 0.2) is 42.0 Å². The average Bonchev–Trinajstić information content (AvgIpc) is 3.22. The SMILES string of the molecule is CC(C)CCCC(C)[C@H]1CC[C@H]2[C@@H]3CC=C4C[C@@H](O)CC[C@]4(C)[C@H]3CC[C@]12C.NC(=O)Oc1ccccc1. The first-order valence-electron chi connectivity index (χ1n) is 15.4. The van der Waals surface area contributed by atoms with Crippen molar-refractivity contribution >= 4 is 6.09 Å². The van der Waals surface area contributed by atoms with Crippen molar-refractivity contribution in [2.75, 3.05) is 0 Å². The van der Waals surface area contributed by atoms with Gasteiger partial charge in [-0.2, -0.15) is 0 Å². The van der Waals surface area contributed by atoms with Gasteiger partial charge in [0, 0.05) is 0 Å². The summed E-state index contributed by atoms with van der Waals surface area (Å²) in [5.41, 5.74) is 7.37. The van der Waals surface area contributed by atoms with Crippen molar-refractivity contribution in [2.45, 2.75) is 111 Å². The molecule has 4 heteroatoms. The fourth-order valence-corrected chi connectivity index (χ4v) is 9.27. The molecular weight excluding hydrogens is 470 g/mol. The number of allylic oxidation sites excluding steroid dienone is 1. The van der Waals surface area contributed by atoms with Gasteiger partial charge in [0.25, 0.3) is 0 Å². The molecule has 0 aliphatic heterocycles. The zero-order chi connectivity index (χ0) is 27.5. The maximum atomic E-state index is 10.2. The Hall–Kier alpha value is -1.81. The van der Waals surface area contributed by atoms with E-state index in [4.69, 9.17) is 5.73 Å². The normalized spacial score (nSPS) is 36.6. The van der Waals surface area contributed by atoms with Crippen LogP contribution in [0.3, 0.4) is 0 Å². The highest BCUT2D eigenvalue weighted by molar-refractivity contribution is 5.67.